The van der Waals surface area contributed by atoms with Crippen LogP contribution in [-0.4, -0.2) is 6.04 Å². The molecular formula is C11H13Br2N. The number of benzene rings is 1. The van der Waals surface area contributed by atoms with Crippen molar-refractivity contribution in [3.05, 3.63) is 32.7 Å². The van der Waals surface area contributed by atoms with E-state index in [0.29, 0.717) is 0 Å². The van der Waals surface area contributed by atoms with Gasteiger partial charge in [-0.2, -0.15) is 0 Å². The lowest BCUT2D eigenvalue weighted by atomic mass is 9.93. The first-order chi connectivity index (χ1) is 6.75. The van der Waals surface area contributed by atoms with Crippen molar-refractivity contribution in [1.82, 2.24) is 5.32 Å². The lowest BCUT2D eigenvalue weighted by Gasteiger charge is -2.26. The molecule has 1 aliphatic rings. The number of halogens is 2. The van der Waals surface area contributed by atoms with E-state index >= 15 is 0 Å². The quantitative estimate of drug-likeness (QED) is 0.892. The lowest BCUT2D eigenvalue weighted by Crippen LogP contribution is -2.34. The predicted octanol–water partition coefficient (Wildman–Crippen LogP) is 3.85. The minimum absolute atomic E-state index is 0.755. The van der Waals surface area contributed by atoms with E-state index in [1.807, 2.05) is 0 Å². The Labute approximate surface area is 102 Å². The first-order valence-electron chi connectivity index (χ1n) is 4.93. The maximum atomic E-state index is 3.57. The first kappa shape index (κ1) is 10.7. The Morgan fingerprint density at radius 2 is 2.07 bits per heavy atom. The summed E-state index contributed by atoms with van der Waals surface area (Å²) >= 11 is 7.02. The van der Waals surface area contributed by atoms with E-state index in [1.165, 1.54) is 29.3 Å². The normalized spacial score (nSPS) is 16.7. The summed E-state index contributed by atoms with van der Waals surface area (Å²) in [4.78, 5) is 0. The molecule has 0 bridgehead atoms. The van der Waals surface area contributed by atoms with Gasteiger partial charge >= 0.3 is 0 Å². The third kappa shape index (κ3) is 2.59. The zero-order chi connectivity index (χ0) is 9.97. The Morgan fingerprint density at radius 1 is 1.29 bits per heavy atom. The average molecular weight is 319 g/mol. The van der Waals surface area contributed by atoms with Gasteiger partial charge in [-0.15, -0.1) is 0 Å². The van der Waals surface area contributed by atoms with Crippen molar-refractivity contribution in [1.29, 1.82) is 0 Å². The lowest BCUT2D eigenvalue weighted by molar-refractivity contribution is 0.338. The van der Waals surface area contributed by atoms with Crippen LogP contribution in [0.2, 0.25) is 0 Å². The van der Waals surface area contributed by atoms with Gasteiger partial charge in [0.2, 0.25) is 0 Å². The van der Waals surface area contributed by atoms with Crippen molar-refractivity contribution in [3.63, 3.8) is 0 Å². The zero-order valence-corrected chi connectivity index (χ0v) is 11.1. The van der Waals surface area contributed by atoms with Gasteiger partial charge in [0.1, 0.15) is 0 Å². The summed E-state index contributed by atoms with van der Waals surface area (Å²) in [7, 11) is 0. The number of hydrogen-bond acceptors (Lipinski definition) is 1. The molecular weight excluding hydrogens is 306 g/mol. The molecule has 1 aliphatic carbocycles. The maximum Gasteiger partial charge on any atom is 0.0231 e. The zero-order valence-electron chi connectivity index (χ0n) is 7.89. The van der Waals surface area contributed by atoms with E-state index < -0.39 is 0 Å². The van der Waals surface area contributed by atoms with Gasteiger partial charge < -0.3 is 5.32 Å². The van der Waals surface area contributed by atoms with Gasteiger partial charge in [0.05, 0.1) is 0 Å². The van der Waals surface area contributed by atoms with Crippen LogP contribution in [-0.2, 0) is 6.54 Å². The van der Waals surface area contributed by atoms with Gasteiger partial charge in [0.25, 0.3) is 0 Å². The molecule has 14 heavy (non-hydrogen) atoms. The Bertz CT molecular complexity index is 321. The summed E-state index contributed by atoms with van der Waals surface area (Å²) in [5, 5.41) is 3.55. The van der Waals surface area contributed by atoms with Crippen LogP contribution in [0.1, 0.15) is 24.8 Å². The molecule has 0 radical (unpaired) electrons. The van der Waals surface area contributed by atoms with Crippen molar-refractivity contribution in [3.8, 4) is 0 Å². The van der Waals surface area contributed by atoms with Crippen molar-refractivity contribution in [2.45, 2.75) is 31.8 Å². The van der Waals surface area contributed by atoms with Crippen LogP contribution in [0.5, 0.6) is 0 Å². The summed E-state index contributed by atoms with van der Waals surface area (Å²) in [5.74, 6) is 0. The highest BCUT2D eigenvalue weighted by Crippen LogP contribution is 2.23. The molecule has 0 aromatic heterocycles. The minimum Gasteiger partial charge on any atom is -0.310 e. The Kier molecular flexibility index (Phi) is 3.63. The standard InChI is InChI=1S/C11H13Br2N/c12-9-5-4-8(11(13)6-9)7-14-10-2-1-3-10/h4-6,10,14H,1-3,7H2. The molecule has 0 atom stereocenters. The monoisotopic (exact) mass is 317 g/mol. The van der Waals surface area contributed by atoms with Crippen LogP contribution in [0.15, 0.2) is 27.1 Å². The molecule has 1 aromatic rings. The van der Waals surface area contributed by atoms with Crippen LogP contribution in [0.25, 0.3) is 0 Å². The van der Waals surface area contributed by atoms with E-state index in [1.54, 1.807) is 0 Å². The molecule has 2 rings (SSSR count). The second-order valence-corrected chi connectivity index (χ2v) is 5.51. The number of hydrogen-bond donors (Lipinski definition) is 1. The highest BCUT2D eigenvalue weighted by Gasteiger charge is 2.16. The van der Waals surface area contributed by atoms with E-state index in [2.05, 4.69) is 55.4 Å². The molecule has 1 saturated carbocycles. The van der Waals surface area contributed by atoms with Crippen molar-refractivity contribution in [2.75, 3.05) is 0 Å². The second-order valence-electron chi connectivity index (χ2n) is 3.74. The summed E-state index contributed by atoms with van der Waals surface area (Å²) in [6, 6.07) is 7.09. The predicted molar refractivity (Wildman–Crippen MR) is 66.3 cm³/mol. The SMILES string of the molecule is Brc1ccc(CNC2CCC2)c(Br)c1. The van der Waals surface area contributed by atoms with Crippen molar-refractivity contribution >= 4 is 31.9 Å². The van der Waals surface area contributed by atoms with Gasteiger partial charge in [-0.05, 0) is 30.5 Å². The molecule has 0 aliphatic heterocycles. The Morgan fingerprint density at radius 3 is 2.64 bits per heavy atom. The van der Waals surface area contributed by atoms with E-state index in [4.69, 9.17) is 0 Å². The van der Waals surface area contributed by atoms with Gasteiger partial charge in [0.15, 0.2) is 0 Å². The number of rotatable bonds is 3. The maximum absolute atomic E-state index is 3.57. The average Bonchev–Trinajstić information content (AvgIpc) is 2.05. The fraction of sp³-hybridized carbons (Fsp3) is 0.455. The summed E-state index contributed by atoms with van der Waals surface area (Å²) in [6.07, 6.45) is 4.07. The van der Waals surface area contributed by atoms with Crippen LogP contribution < -0.4 is 5.32 Å². The highest BCUT2D eigenvalue weighted by atomic mass is 79.9. The van der Waals surface area contributed by atoms with Crippen LogP contribution in [0.4, 0.5) is 0 Å². The molecule has 0 amide bonds. The fourth-order valence-electron chi connectivity index (χ4n) is 1.53. The highest BCUT2D eigenvalue weighted by molar-refractivity contribution is 9.11. The number of nitrogens with one attached hydrogen (secondary N) is 1. The van der Waals surface area contributed by atoms with E-state index in [-0.39, 0.29) is 0 Å². The molecule has 76 valence electrons. The molecule has 1 N–H and O–H groups in total. The third-order valence-electron chi connectivity index (χ3n) is 2.70. The van der Waals surface area contributed by atoms with E-state index in [0.717, 1.165) is 17.1 Å². The van der Waals surface area contributed by atoms with Crippen LogP contribution in [0.3, 0.4) is 0 Å². The summed E-state index contributed by atoms with van der Waals surface area (Å²) < 4.78 is 2.30. The fourth-order valence-corrected chi connectivity index (χ4v) is 2.72. The molecule has 0 spiro atoms. The minimum atomic E-state index is 0.755. The third-order valence-corrected chi connectivity index (χ3v) is 3.93. The van der Waals surface area contributed by atoms with Crippen molar-refractivity contribution < 1.29 is 0 Å². The van der Waals surface area contributed by atoms with Gasteiger partial charge in [-0.3, -0.25) is 0 Å². The Hall–Kier alpha value is 0.140. The Balaban J connectivity index is 1.94. The molecule has 0 saturated heterocycles. The molecule has 0 unspecified atom stereocenters. The van der Waals surface area contributed by atoms with Gasteiger partial charge in [0, 0.05) is 21.5 Å². The molecule has 0 heterocycles. The van der Waals surface area contributed by atoms with Crippen LogP contribution in [0, 0.1) is 0 Å². The molecule has 1 fully saturated rings. The van der Waals surface area contributed by atoms with Crippen molar-refractivity contribution in [2.24, 2.45) is 0 Å². The first-order valence-corrected chi connectivity index (χ1v) is 6.51. The van der Waals surface area contributed by atoms with Crippen LogP contribution >= 0.6 is 31.9 Å². The largest absolute Gasteiger partial charge is 0.310 e. The summed E-state index contributed by atoms with van der Waals surface area (Å²) in [5.41, 5.74) is 1.33. The van der Waals surface area contributed by atoms with Gasteiger partial charge in [-0.25, -0.2) is 0 Å². The van der Waals surface area contributed by atoms with Gasteiger partial charge in [-0.1, -0.05) is 44.3 Å². The second kappa shape index (κ2) is 4.77. The molecule has 1 nitrogen and oxygen atoms in total. The smallest absolute Gasteiger partial charge is 0.0231 e. The summed E-state index contributed by atoms with van der Waals surface area (Å²) in [6.45, 7) is 0.971. The topological polar surface area (TPSA) is 12.0 Å². The van der Waals surface area contributed by atoms with E-state index in [9.17, 15) is 0 Å². The molecule has 1 aromatic carbocycles. The molecule has 3 heteroatoms.